The summed E-state index contributed by atoms with van der Waals surface area (Å²) in [6.07, 6.45) is 1.35. The lowest BCUT2D eigenvalue weighted by Gasteiger charge is -2.34. The van der Waals surface area contributed by atoms with Crippen LogP contribution in [-0.2, 0) is 4.74 Å². The minimum Gasteiger partial charge on any atom is -0.491 e. The Bertz CT molecular complexity index is 681. The van der Waals surface area contributed by atoms with Gasteiger partial charge in [-0.2, -0.15) is 0 Å². The fraction of sp³-hybridized carbons (Fsp3) is 0.524. The Morgan fingerprint density at radius 2 is 1.68 bits per heavy atom. The zero-order chi connectivity index (χ0) is 17.6. The molecule has 4 heteroatoms. The molecule has 1 aliphatic heterocycles. The van der Waals surface area contributed by atoms with Gasteiger partial charge in [-0.25, -0.2) is 0 Å². The van der Waals surface area contributed by atoms with E-state index in [0.29, 0.717) is 13.2 Å². The van der Waals surface area contributed by atoms with E-state index in [2.05, 4.69) is 18.7 Å². The van der Waals surface area contributed by atoms with Crippen LogP contribution < -0.4 is 4.74 Å². The lowest BCUT2D eigenvalue weighted by Crippen LogP contribution is -2.40. The van der Waals surface area contributed by atoms with E-state index < -0.39 is 0 Å². The summed E-state index contributed by atoms with van der Waals surface area (Å²) in [5.74, 6) is 2.46. The van der Waals surface area contributed by atoms with E-state index in [0.717, 1.165) is 46.5 Å². The predicted octanol–water partition coefficient (Wildman–Crippen LogP) is 4.87. The van der Waals surface area contributed by atoms with E-state index in [-0.39, 0.29) is 0 Å². The smallest absolute Gasteiger partial charge is 0.127 e. The van der Waals surface area contributed by atoms with Crippen molar-refractivity contribution in [1.29, 1.82) is 0 Å². The third-order valence-corrected chi connectivity index (χ3v) is 5.14. The molecule has 25 heavy (non-hydrogen) atoms. The molecule has 0 spiro atoms. The zero-order valence-electron chi connectivity index (χ0n) is 15.2. The highest BCUT2D eigenvalue weighted by molar-refractivity contribution is 6.35. The zero-order valence-corrected chi connectivity index (χ0v) is 16.0. The van der Waals surface area contributed by atoms with Crippen molar-refractivity contribution in [1.82, 2.24) is 4.90 Å². The van der Waals surface area contributed by atoms with Crippen LogP contribution in [0.5, 0.6) is 5.75 Å². The largest absolute Gasteiger partial charge is 0.491 e. The van der Waals surface area contributed by atoms with E-state index in [1.54, 1.807) is 0 Å². The van der Waals surface area contributed by atoms with Crippen LogP contribution in [0.1, 0.15) is 20.3 Å². The number of hydrogen-bond donors (Lipinski definition) is 0. The van der Waals surface area contributed by atoms with Gasteiger partial charge in [0.25, 0.3) is 0 Å². The van der Waals surface area contributed by atoms with Crippen molar-refractivity contribution >= 4 is 22.4 Å². The molecule has 0 radical (unpaired) electrons. The van der Waals surface area contributed by atoms with E-state index >= 15 is 0 Å². The quantitative estimate of drug-likeness (QED) is 0.657. The molecule has 0 unspecified atom stereocenters. The first kappa shape index (κ1) is 18.5. The van der Waals surface area contributed by atoms with Crippen molar-refractivity contribution in [3.05, 3.63) is 41.4 Å². The minimum atomic E-state index is 0.554. The number of piperidine rings is 1. The molecule has 0 aromatic heterocycles. The molecule has 2 aromatic carbocycles. The highest BCUT2D eigenvalue weighted by atomic mass is 35.5. The summed E-state index contributed by atoms with van der Waals surface area (Å²) < 4.78 is 11.7. The van der Waals surface area contributed by atoms with Gasteiger partial charge in [0, 0.05) is 35.4 Å². The Labute approximate surface area is 155 Å². The van der Waals surface area contributed by atoms with Crippen molar-refractivity contribution < 1.29 is 9.47 Å². The van der Waals surface area contributed by atoms with Gasteiger partial charge >= 0.3 is 0 Å². The van der Waals surface area contributed by atoms with Crippen LogP contribution in [0.3, 0.4) is 0 Å². The first-order valence-corrected chi connectivity index (χ1v) is 9.61. The van der Waals surface area contributed by atoms with E-state index in [1.165, 1.54) is 19.5 Å². The number of halogens is 1. The summed E-state index contributed by atoms with van der Waals surface area (Å²) in [6.45, 7) is 10.0. The third-order valence-electron chi connectivity index (χ3n) is 4.81. The maximum atomic E-state index is 6.24. The van der Waals surface area contributed by atoms with E-state index in [1.807, 2.05) is 36.4 Å². The average Bonchev–Trinajstić information content (AvgIpc) is 2.59. The minimum absolute atomic E-state index is 0.554. The molecule has 0 N–H and O–H groups in total. The van der Waals surface area contributed by atoms with Crippen LogP contribution in [0.25, 0.3) is 10.8 Å². The van der Waals surface area contributed by atoms with Crippen molar-refractivity contribution in [2.24, 2.45) is 11.8 Å². The van der Waals surface area contributed by atoms with Crippen LogP contribution in [0.4, 0.5) is 0 Å². The fourth-order valence-electron chi connectivity index (χ4n) is 3.84. The molecule has 2 atom stereocenters. The molecule has 2 aromatic rings. The molecule has 136 valence electrons. The number of hydrogen-bond acceptors (Lipinski definition) is 3. The van der Waals surface area contributed by atoms with Gasteiger partial charge in [0.2, 0.25) is 0 Å². The standard InChI is InChI=1S/C21H28ClNO2/c1-16-13-17(2)15-23(14-16)9-10-24-11-12-25-21-8-7-20(22)18-5-3-4-6-19(18)21/h3-8,16-17H,9-15H2,1-2H3/t16-,17-/m0/s1. The molecule has 0 saturated carbocycles. The second-order valence-corrected chi connectivity index (χ2v) is 7.66. The lowest BCUT2D eigenvalue weighted by molar-refractivity contribution is 0.0597. The Kier molecular flexibility index (Phi) is 6.57. The molecule has 0 amide bonds. The summed E-state index contributed by atoms with van der Waals surface area (Å²) in [7, 11) is 0. The summed E-state index contributed by atoms with van der Waals surface area (Å²) in [6, 6.07) is 11.9. The van der Waals surface area contributed by atoms with Gasteiger partial charge in [-0.3, -0.25) is 0 Å². The number of nitrogens with zero attached hydrogens (tertiary/aromatic N) is 1. The SMILES string of the molecule is C[C@H]1C[C@H](C)CN(CCOCCOc2ccc(Cl)c3ccccc23)C1. The summed E-state index contributed by atoms with van der Waals surface area (Å²) in [5.41, 5.74) is 0. The van der Waals surface area contributed by atoms with E-state index in [4.69, 9.17) is 21.1 Å². The second kappa shape index (κ2) is 8.88. The maximum Gasteiger partial charge on any atom is 0.127 e. The number of rotatable bonds is 7. The van der Waals surface area contributed by atoms with Crippen LogP contribution in [0.2, 0.25) is 5.02 Å². The van der Waals surface area contributed by atoms with Crippen LogP contribution in [-0.4, -0.2) is 44.4 Å². The molecule has 3 rings (SSSR count). The van der Waals surface area contributed by atoms with Crippen molar-refractivity contribution in [3.8, 4) is 5.75 Å². The molecule has 1 aliphatic rings. The lowest BCUT2D eigenvalue weighted by atomic mass is 9.92. The molecular formula is C21H28ClNO2. The topological polar surface area (TPSA) is 21.7 Å². The first-order chi connectivity index (χ1) is 12.1. The van der Waals surface area contributed by atoms with Gasteiger partial charge in [0.15, 0.2) is 0 Å². The van der Waals surface area contributed by atoms with Crippen LogP contribution >= 0.6 is 11.6 Å². The number of fused-ring (bicyclic) bond motifs is 1. The van der Waals surface area contributed by atoms with Crippen LogP contribution in [0.15, 0.2) is 36.4 Å². The van der Waals surface area contributed by atoms with Crippen molar-refractivity contribution in [2.45, 2.75) is 20.3 Å². The van der Waals surface area contributed by atoms with Gasteiger partial charge in [-0.1, -0.05) is 49.7 Å². The summed E-state index contributed by atoms with van der Waals surface area (Å²) in [5, 5.41) is 2.83. The van der Waals surface area contributed by atoms with Gasteiger partial charge in [0.1, 0.15) is 12.4 Å². The van der Waals surface area contributed by atoms with Crippen molar-refractivity contribution in [2.75, 3.05) is 39.5 Å². The van der Waals surface area contributed by atoms with Crippen molar-refractivity contribution in [3.63, 3.8) is 0 Å². The van der Waals surface area contributed by atoms with E-state index in [9.17, 15) is 0 Å². The number of likely N-dealkylation sites (tertiary alicyclic amines) is 1. The molecule has 0 bridgehead atoms. The Morgan fingerprint density at radius 3 is 2.44 bits per heavy atom. The highest BCUT2D eigenvalue weighted by Gasteiger charge is 2.21. The number of ether oxygens (including phenoxy) is 2. The van der Waals surface area contributed by atoms with Gasteiger partial charge in [0.05, 0.1) is 13.2 Å². The molecule has 1 saturated heterocycles. The second-order valence-electron chi connectivity index (χ2n) is 7.26. The predicted molar refractivity (Wildman–Crippen MR) is 105 cm³/mol. The Balaban J connectivity index is 1.40. The first-order valence-electron chi connectivity index (χ1n) is 9.23. The molecule has 0 aliphatic carbocycles. The van der Waals surface area contributed by atoms with Gasteiger partial charge in [-0.15, -0.1) is 0 Å². The molecular weight excluding hydrogens is 334 g/mol. The normalized spacial score (nSPS) is 21.6. The maximum absolute atomic E-state index is 6.24. The van der Waals surface area contributed by atoms with Gasteiger partial charge in [-0.05, 0) is 30.4 Å². The highest BCUT2D eigenvalue weighted by Crippen LogP contribution is 2.31. The molecule has 1 heterocycles. The summed E-state index contributed by atoms with van der Waals surface area (Å²) in [4.78, 5) is 2.52. The monoisotopic (exact) mass is 361 g/mol. The third kappa shape index (κ3) is 5.10. The molecule has 1 fully saturated rings. The van der Waals surface area contributed by atoms with Gasteiger partial charge < -0.3 is 14.4 Å². The number of benzene rings is 2. The molecule has 3 nitrogen and oxygen atoms in total. The Morgan fingerprint density at radius 1 is 0.960 bits per heavy atom. The van der Waals surface area contributed by atoms with Crippen LogP contribution in [0, 0.1) is 11.8 Å². The average molecular weight is 362 g/mol. The summed E-state index contributed by atoms with van der Waals surface area (Å²) >= 11 is 6.24. The fourth-order valence-corrected chi connectivity index (χ4v) is 4.07. The Hall–Kier alpha value is -1.29.